The van der Waals surface area contributed by atoms with Crippen LogP contribution in [-0.2, 0) is 4.79 Å². The SMILES string of the molecule is CCC(=O)Nc1cncc(-c2cc(F)c3n[nH]c(-c4nc5c(-c6ccc(F)cc6)nccc5[nH]4)c3c2)c1. The summed E-state index contributed by atoms with van der Waals surface area (Å²) in [6, 6.07) is 12.7. The molecule has 0 bridgehead atoms. The number of carbonyl (C=O) groups excluding carboxylic acids is 1. The predicted molar refractivity (Wildman–Crippen MR) is 136 cm³/mol. The standard InChI is InChI=1S/C27H19F2N7O/c1-2-22(37)32-18-9-16(12-30-13-18)15-10-19-24(20(29)11-15)35-36-25(19)27-33-21-7-8-31-23(26(21)34-27)14-3-5-17(28)6-4-14/h3-13H,2H2,1H3,(H,32,37)(H,33,34)(H,35,36). The number of benzene rings is 2. The van der Waals surface area contributed by atoms with E-state index in [9.17, 15) is 9.18 Å². The molecule has 6 aromatic rings. The van der Waals surface area contributed by atoms with Gasteiger partial charge in [-0.15, -0.1) is 0 Å². The number of carbonyl (C=O) groups is 1. The van der Waals surface area contributed by atoms with E-state index in [1.54, 1.807) is 49.6 Å². The van der Waals surface area contributed by atoms with Crippen LogP contribution in [0.3, 0.4) is 0 Å². The molecule has 4 aromatic heterocycles. The Kier molecular flexibility index (Phi) is 5.41. The number of pyridine rings is 2. The number of anilines is 1. The Morgan fingerprint density at radius 2 is 1.81 bits per heavy atom. The summed E-state index contributed by atoms with van der Waals surface area (Å²) in [5.74, 6) is -0.541. The summed E-state index contributed by atoms with van der Waals surface area (Å²) in [7, 11) is 0. The van der Waals surface area contributed by atoms with Gasteiger partial charge in [0.25, 0.3) is 0 Å². The Balaban J connectivity index is 1.45. The largest absolute Gasteiger partial charge is 0.337 e. The Morgan fingerprint density at radius 1 is 0.973 bits per heavy atom. The highest BCUT2D eigenvalue weighted by Crippen LogP contribution is 2.34. The number of hydrogen-bond acceptors (Lipinski definition) is 5. The minimum Gasteiger partial charge on any atom is -0.337 e. The van der Waals surface area contributed by atoms with Gasteiger partial charge in [-0.05, 0) is 54.1 Å². The lowest BCUT2D eigenvalue weighted by Gasteiger charge is -2.07. The van der Waals surface area contributed by atoms with E-state index in [0.717, 1.165) is 5.56 Å². The van der Waals surface area contributed by atoms with Gasteiger partial charge in [0.05, 0.1) is 23.1 Å². The van der Waals surface area contributed by atoms with Crippen molar-refractivity contribution < 1.29 is 13.6 Å². The lowest BCUT2D eigenvalue weighted by Crippen LogP contribution is -2.09. The van der Waals surface area contributed by atoms with Crippen molar-refractivity contribution in [3.8, 4) is 33.9 Å². The molecule has 0 atom stereocenters. The lowest BCUT2D eigenvalue weighted by atomic mass is 10.0. The second kappa shape index (κ2) is 8.90. The number of halogens is 2. The Bertz CT molecular complexity index is 1790. The zero-order valence-corrected chi connectivity index (χ0v) is 19.5. The van der Waals surface area contributed by atoms with E-state index < -0.39 is 5.82 Å². The van der Waals surface area contributed by atoms with E-state index >= 15 is 4.39 Å². The van der Waals surface area contributed by atoms with Crippen LogP contribution < -0.4 is 5.32 Å². The van der Waals surface area contributed by atoms with Crippen molar-refractivity contribution in [2.45, 2.75) is 13.3 Å². The number of rotatable bonds is 5. The molecule has 0 unspecified atom stereocenters. The molecule has 8 nitrogen and oxygen atoms in total. The highest BCUT2D eigenvalue weighted by Gasteiger charge is 2.18. The number of hydrogen-bond donors (Lipinski definition) is 3. The normalized spacial score (nSPS) is 11.3. The molecule has 182 valence electrons. The molecule has 1 amide bonds. The number of fused-ring (bicyclic) bond motifs is 2. The number of imidazole rings is 1. The molecule has 0 radical (unpaired) electrons. The maximum atomic E-state index is 15.1. The Morgan fingerprint density at radius 3 is 2.62 bits per heavy atom. The molecule has 3 N–H and O–H groups in total. The van der Waals surface area contributed by atoms with Gasteiger partial charge < -0.3 is 10.3 Å². The fourth-order valence-electron chi connectivity index (χ4n) is 4.21. The summed E-state index contributed by atoms with van der Waals surface area (Å²) >= 11 is 0. The molecule has 6 rings (SSSR count). The average molecular weight is 495 g/mol. The third-order valence-corrected chi connectivity index (χ3v) is 6.04. The zero-order chi connectivity index (χ0) is 25.5. The van der Waals surface area contributed by atoms with E-state index in [1.165, 1.54) is 24.4 Å². The van der Waals surface area contributed by atoms with Gasteiger partial charge >= 0.3 is 0 Å². The van der Waals surface area contributed by atoms with Gasteiger partial charge in [-0.25, -0.2) is 13.8 Å². The van der Waals surface area contributed by atoms with E-state index in [1.807, 2.05) is 0 Å². The number of aromatic amines is 2. The van der Waals surface area contributed by atoms with E-state index in [0.29, 0.717) is 56.9 Å². The first-order valence-electron chi connectivity index (χ1n) is 11.5. The summed E-state index contributed by atoms with van der Waals surface area (Å²) < 4.78 is 28.5. The summed E-state index contributed by atoms with van der Waals surface area (Å²) in [6.45, 7) is 1.76. The molecule has 0 fully saturated rings. The monoisotopic (exact) mass is 495 g/mol. The topological polar surface area (TPSA) is 112 Å². The minimum atomic E-state index is -0.511. The minimum absolute atomic E-state index is 0.142. The smallest absolute Gasteiger partial charge is 0.224 e. The van der Waals surface area contributed by atoms with Crippen LogP contribution in [0.5, 0.6) is 0 Å². The van der Waals surface area contributed by atoms with Gasteiger partial charge in [-0.3, -0.25) is 19.9 Å². The predicted octanol–water partition coefficient (Wildman–Crippen LogP) is 5.86. The van der Waals surface area contributed by atoms with Gasteiger partial charge in [0.1, 0.15) is 22.5 Å². The lowest BCUT2D eigenvalue weighted by molar-refractivity contribution is -0.115. The molecule has 0 saturated heterocycles. The Labute approximate surface area is 208 Å². The molecular formula is C27H19F2N7O. The van der Waals surface area contributed by atoms with Crippen LogP contribution in [0.25, 0.3) is 55.8 Å². The van der Waals surface area contributed by atoms with Crippen LogP contribution in [0.15, 0.2) is 67.1 Å². The second-order valence-electron chi connectivity index (χ2n) is 8.46. The quantitative estimate of drug-likeness (QED) is 0.277. The van der Waals surface area contributed by atoms with Crippen LogP contribution in [0, 0.1) is 11.6 Å². The molecule has 2 aromatic carbocycles. The number of H-pyrrole nitrogens is 2. The molecule has 37 heavy (non-hydrogen) atoms. The average Bonchev–Trinajstić information content (AvgIpc) is 3.53. The summed E-state index contributed by atoms with van der Waals surface area (Å²) in [6.07, 6.45) is 5.11. The first-order valence-corrected chi connectivity index (χ1v) is 11.5. The first kappa shape index (κ1) is 22.5. The molecular weight excluding hydrogens is 476 g/mol. The second-order valence-corrected chi connectivity index (χ2v) is 8.46. The van der Waals surface area contributed by atoms with Gasteiger partial charge in [0, 0.05) is 35.3 Å². The van der Waals surface area contributed by atoms with Gasteiger partial charge in [-0.1, -0.05) is 6.92 Å². The highest BCUT2D eigenvalue weighted by atomic mass is 19.1. The maximum Gasteiger partial charge on any atom is 0.224 e. The summed E-state index contributed by atoms with van der Waals surface area (Å²) in [4.78, 5) is 28.4. The Hall–Kier alpha value is -4.99. The van der Waals surface area contributed by atoms with Crippen LogP contribution in [0.2, 0.25) is 0 Å². The van der Waals surface area contributed by atoms with E-state index in [4.69, 9.17) is 4.98 Å². The first-order chi connectivity index (χ1) is 18.0. The molecule has 10 heteroatoms. The highest BCUT2D eigenvalue weighted by molar-refractivity contribution is 5.98. The van der Waals surface area contributed by atoms with Crippen molar-refractivity contribution in [2.75, 3.05) is 5.32 Å². The number of nitrogens with one attached hydrogen (secondary N) is 3. The van der Waals surface area contributed by atoms with Gasteiger partial charge in [-0.2, -0.15) is 5.10 Å². The van der Waals surface area contributed by atoms with Crippen molar-refractivity contribution in [1.82, 2.24) is 30.1 Å². The van der Waals surface area contributed by atoms with Crippen LogP contribution >= 0.6 is 0 Å². The zero-order valence-electron chi connectivity index (χ0n) is 19.5. The van der Waals surface area contributed by atoms with Crippen molar-refractivity contribution in [3.63, 3.8) is 0 Å². The van der Waals surface area contributed by atoms with Crippen molar-refractivity contribution in [3.05, 3.63) is 78.8 Å². The van der Waals surface area contributed by atoms with Gasteiger partial charge in [0.15, 0.2) is 11.6 Å². The van der Waals surface area contributed by atoms with Crippen LogP contribution in [-0.4, -0.2) is 36.0 Å². The fourth-order valence-corrected chi connectivity index (χ4v) is 4.21. The summed E-state index contributed by atoms with van der Waals surface area (Å²) in [5.41, 5.74) is 5.00. The van der Waals surface area contributed by atoms with Crippen LogP contribution in [0.4, 0.5) is 14.5 Å². The van der Waals surface area contributed by atoms with E-state index in [2.05, 4.69) is 30.5 Å². The third-order valence-electron chi connectivity index (χ3n) is 6.04. The third kappa shape index (κ3) is 4.08. The van der Waals surface area contributed by atoms with Crippen LogP contribution in [0.1, 0.15) is 13.3 Å². The van der Waals surface area contributed by atoms with E-state index in [-0.39, 0.29) is 17.2 Å². The summed E-state index contributed by atoms with van der Waals surface area (Å²) in [5, 5.41) is 10.4. The van der Waals surface area contributed by atoms with Crippen molar-refractivity contribution >= 4 is 33.5 Å². The number of aromatic nitrogens is 6. The van der Waals surface area contributed by atoms with Gasteiger partial charge in [0.2, 0.25) is 5.91 Å². The number of amides is 1. The molecule has 0 aliphatic carbocycles. The molecule has 0 aliphatic rings. The molecule has 0 spiro atoms. The fraction of sp³-hybridized carbons (Fsp3) is 0.0741. The molecule has 0 aliphatic heterocycles. The molecule has 4 heterocycles. The van der Waals surface area contributed by atoms with Crippen molar-refractivity contribution in [1.29, 1.82) is 0 Å². The van der Waals surface area contributed by atoms with Crippen molar-refractivity contribution in [2.24, 2.45) is 0 Å². The maximum absolute atomic E-state index is 15.1. The molecule has 0 saturated carbocycles. The number of nitrogens with zero attached hydrogens (tertiary/aromatic N) is 4.